The number of hydrogen-bond acceptors (Lipinski definition) is 3. The normalized spacial score (nSPS) is 11.8. The van der Waals surface area contributed by atoms with Crippen LogP contribution in [0.4, 0.5) is 0 Å². The molecule has 0 atom stereocenters. The Balaban J connectivity index is 2.32. The summed E-state index contributed by atoms with van der Waals surface area (Å²) in [5, 5.41) is 3.31. The van der Waals surface area contributed by atoms with Crippen LogP contribution in [0.25, 0.3) is 0 Å². The SMILES string of the molecule is CNC(C)(C)c1cncn1Cc1cnccc1C. The number of rotatable bonds is 4. The number of aromatic nitrogens is 3. The molecule has 0 aliphatic rings. The third-order valence-electron chi connectivity index (χ3n) is 3.47. The molecule has 2 heterocycles. The van der Waals surface area contributed by atoms with Crippen LogP contribution in [-0.2, 0) is 12.1 Å². The smallest absolute Gasteiger partial charge is 0.0951 e. The van der Waals surface area contributed by atoms with Gasteiger partial charge < -0.3 is 9.88 Å². The molecule has 0 unspecified atom stereocenters. The molecule has 0 saturated carbocycles. The van der Waals surface area contributed by atoms with Gasteiger partial charge in [0.1, 0.15) is 0 Å². The Morgan fingerprint density at radius 3 is 2.72 bits per heavy atom. The summed E-state index contributed by atoms with van der Waals surface area (Å²) in [6, 6.07) is 2.04. The first-order chi connectivity index (χ1) is 8.54. The first-order valence-electron chi connectivity index (χ1n) is 6.13. The zero-order chi connectivity index (χ0) is 13.2. The molecule has 4 nitrogen and oxygen atoms in total. The Bertz CT molecular complexity index is 528. The fourth-order valence-corrected chi connectivity index (χ4v) is 1.94. The van der Waals surface area contributed by atoms with Gasteiger partial charge in [0.2, 0.25) is 0 Å². The molecule has 0 amide bonds. The van der Waals surface area contributed by atoms with E-state index in [1.807, 2.05) is 38.0 Å². The molecule has 0 fully saturated rings. The average Bonchev–Trinajstić information content (AvgIpc) is 2.81. The number of nitrogens with zero attached hydrogens (tertiary/aromatic N) is 3. The van der Waals surface area contributed by atoms with Crippen LogP contribution in [0.3, 0.4) is 0 Å². The Morgan fingerprint density at radius 1 is 1.28 bits per heavy atom. The summed E-state index contributed by atoms with van der Waals surface area (Å²) in [6.07, 6.45) is 7.54. The first-order valence-corrected chi connectivity index (χ1v) is 6.13. The predicted molar refractivity (Wildman–Crippen MR) is 72.4 cm³/mol. The second-order valence-corrected chi connectivity index (χ2v) is 5.08. The van der Waals surface area contributed by atoms with Crippen LogP contribution in [-0.4, -0.2) is 21.6 Å². The monoisotopic (exact) mass is 244 g/mol. The van der Waals surface area contributed by atoms with Crippen molar-refractivity contribution in [3.05, 3.63) is 47.8 Å². The standard InChI is InChI=1S/C14H20N4/c1-11-5-6-16-7-12(11)9-18-10-17-8-13(18)14(2,3)15-4/h5-8,10,15H,9H2,1-4H3. The maximum absolute atomic E-state index is 4.26. The highest BCUT2D eigenvalue weighted by Gasteiger charge is 2.22. The fourth-order valence-electron chi connectivity index (χ4n) is 1.94. The van der Waals surface area contributed by atoms with Crippen LogP contribution in [0.5, 0.6) is 0 Å². The Morgan fingerprint density at radius 2 is 2.06 bits per heavy atom. The minimum atomic E-state index is -0.0907. The van der Waals surface area contributed by atoms with E-state index in [1.54, 1.807) is 0 Å². The van der Waals surface area contributed by atoms with E-state index in [-0.39, 0.29) is 5.54 Å². The lowest BCUT2D eigenvalue weighted by molar-refractivity contribution is 0.413. The van der Waals surface area contributed by atoms with E-state index in [0.717, 1.165) is 6.54 Å². The molecule has 18 heavy (non-hydrogen) atoms. The number of hydrogen-bond donors (Lipinski definition) is 1. The molecule has 96 valence electrons. The minimum absolute atomic E-state index is 0.0907. The highest BCUT2D eigenvalue weighted by Crippen LogP contribution is 2.20. The topological polar surface area (TPSA) is 42.7 Å². The molecule has 0 spiro atoms. The maximum Gasteiger partial charge on any atom is 0.0951 e. The number of nitrogens with one attached hydrogen (secondary N) is 1. The molecule has 0 radical (unpaired) electrons. The second-order valence-electron chi connectivity index (χ2n) is 5.08. The quantitative estimate of drug-likeness (QED) is 0.895. The average molecular weight is 244 g/mol. The van der Waals surface area contributed by atoms with E-state index in [0.29, 0.717) is 0 Å². The van der Waals surface area contributed by atoms with Gasteiger partial charge in [-0.25, -0.2) is 4.98 Å². The summed E-state index contributed by atoms with van der Waals surface area (Å²) < 4.78 is 2.17. The molecule has 4 heteroatoms. The lowest BCUT2D eigenvalue weighted by Gasteiger charge is -2.25. The highest BCUT2D eigenvalue weighted by atomic mass is 15.1. The van der Waals surface area contributed by atoms with Crippen molar-refractivity contribution in [1.29, 1.82) is 0 Å². The van der Waals surface area contributed by atoms with Crippen LogP contribution in [0.1, 0.15) is 30.7 Å². The number of pyridine rings is 1. The van der Waals surface area contributed by atoms with E-state index < -0.39 is 0 Å². The van der Waals surface area contributed by atoms with Crippen LogP contribution in [0.15, 0.2) is 31.0 Å². The molecule has 0 aliphatic heterocycles. The van der Waals surface area contributed by atoms with Gasteiger partial charge in [0.15, 0.2) is 0 Å². The summed E-state index contributed by atoms with van der Waals surface area (Å²) >= 11 is 0. The van der Waals surface area contributed by atoms with Crippen molar-refractivity contribution in [2.75, 3.05) is 7.05 Å². The number of aryl methyl sites for hydroxylation is 1. The van der Waals surface area contributed by atoms with Gasteiger partial charge in [0.05, 0.1) is 30.3 Å². The Kier molecular flexibility index (Phi) is 3.48. The summed E-state index contributed by atoms with van der Waals surface area (Å²) in [5.74, 6) is 0. The number of imidazole rings is 1. The fraction of sp³-hybridized carbons (Fsp3) is 0.429. The van der Waals surface area contributed by atoms with Crippen molar-refractivity contribution < 1.29 is 0 Å². The van der Waals surface area contributed by atoms with Gasteiger partial charge in [-0.15, -0.1) is 0 Å². The van der Waals surface area contributed by atoms with Gasteiger partial charge in [-0.3, -0.25) is 4.98 Å². The van der Waals surface area contributed by atoms with E-state index in [2.05, 4.69) is 40.6 Å². The predicted octanol–water partition coefficient (Wildman–Crippen LogP) is 2.09. The summed E-state index contributed by atoms with van der Waals surface area (Å²) in [6.45, 7) is 7.21. The Labute approximate surface area is 108 Å². The van der Waals surface area contributed by atoms with Crippen molar-refractivity contribution in [2.24, 2.45) is 0 Å². The lowest BCUT2D eigenvalue weighted by atomic mass is 10.0. The molecule has 0 bridgehead atoms. The van der Waals surface area contributed by atoms with Crippen molar-refractivity contribution in [3.63, 3.8) is 0 Å². The molecule has 1 N–H and O–H groups in total. The van der Waals surface area contributed by atoms with Crippen molar-refractivity contribution in [3.8, 4) is 0 Å². The van der Waals surface area contributed by atoms with Gasteiger partial charge in [0, 0.05) is 12.4 Å². The molecular formula is C14H20N4. The Hall–Kier alpha value is -1.68. The summed E-state index contributed by atoms with van der Waals surface area (Å²) in [7, 11) is 1.96. The van der Waals surface area contributed by atoms with E-state index in [9.17, 15) is 0 Å². The van der Waals surface area contributed by atoms with Gasteiger partial charge >= 0.3 is 0 Å². The zero-order valence-corrected chi connectivity index (χ0v) is 11.4. The van der Waals surface area contributed by atoms with E-state index in [4.69, 9.17) is 0 Å². The van der Waals surface area contributed by atoms with E-state index >= 15 is 0 Å². The second kappa shape index (κ2) is 4.90. The van der Waals surface area contributed by atoms with Gasteiger partial charge in [-0.1, -0.05) is 0 Å². The summed E-state index contributed by atoms with van der Waals surface area (Å²) in [4.78, 5) is 8.45. The molecule has 2 aromatic rings. The van der Waals surface area contributed by atoms with Crippen molar-refractivity contribution in [1.82, 2.24) is 19.9 Å². The van der Waals surface area contributed by atoms with Crippen LogP contribution < -0.4 is 5.32 Å². The van der Waals surface area contributed by atoms with Crippen molar-refractivity contribution >= 4 is 0 Å². The third-order valence-corrected chi connectivity index (χ3v) is 3.47. The maximum atomic E-state index is 4.26. The highest BCUT2D eigenvalue weighted by molar-refractivity contribution is 5.23. The summed E-state index contributed by atoms with van der Waals surface area (Å²) in [5.41, 5.74) is 3.57. The zero-order valence-electron chi connectivity index (χ0n) is 11.4. The lowest BCUT2D eigenvalue weighted by Crippen LogP contribution is -2.35. The molecule has 2 aromatic heterocycles. The molecule has 0 aliphatic carbocycles. The van der Waals surface area contributed by atoms with Gasteiger partial charge in [-0.05, 0) is 45.0 Å². The van der Waals surface area contributed by atoms with Gasteiger partial charge in [-0.2, -0.15) is 0 Å². The first kappa shape index (κ1) is 12.8. The third kappa shape index (κ3) is 2.43. The molecule has 0 aromatic carbocycles. The van der Waals surface area contributed by atoms with Crippen LogP contribution >= 0.6 is 0 Å². The molecule has 0 saturated heterocycles. The largest absolute Gasteiger partial charge is 0.328 e. The molecular weight excluding hydrogens is 224 g/mol. The molecule has 2 rings (SSSR count). The van der Waals surface area contributed by atoms with Crippen LogP contribution in [0, 0.1) is 6.92 Å². The van der Waals surface area contributed by atoms with Crippen molar-refractivity contribution in [2.45, 2.75) is 32.9 Å². The minimum Gasteiger partial charge on any atom is -0.328 e. The van der Waals surface area contributed by atoms with E-state index in [1.165, 1.54) is 16.8 Å². The van der Waals surface area contributed by atoms with Crippen LogP contribution in [0.2, 0.25) is 0 Å². The van der Waals surface area contributed by atoms with Gasteiger partial charge in [0.25, 0.3) is 0 Å².